The van der Waals surface area contributed by atoms with E-state index < -0.39 is 8.60 Å². The second-order valence-corrected chi connectivity index (χ2v) is 12.3. The Balaban J connectivity index is 1.32. The summed E-state index contributed by atoms with van der Waals surface area (Å²) in [5.41, 5.74) is 4.10. The molecular formula is C24H15O3PS4. The third-order valence-corrected chi connectivity index (χ3v) is 10.1. The van der Waals surface area contributed by atoms with Crippen molar-refractivity contribution in [3.63, 3.8) is 0 Å². The maximum Gasteiger partial charge on any atom is 0.460 e. The summed E-state index contributed by atoms with van der Waals surface area (Å²) in [5, 5.41) is 4.09. The van der Waals surface area contributed by atoms with E-state index in [1.165, 1.54) is 9.79 Å². The van der Waals surface area contributed by atoms with E-state index in [0.29, 0.717) is 11.5 Å². The van der Waals surface area contributed by atoms with E-state index in [1.54, 1.807) is 46.2 Å². The van der Waals surface area contributed by atoms with E-state index in [1.807, 2.05) is 59.3 Å². The average Bonchev–Trinajstić information content (AvgIpc) is 3.39. The van der Waals surface area contributed by atoms with Gasteiger partial charge >= 0.3 is 8.60 Å². The van der Waals surface area contributed by atoms with Crippen molar-refractivity contribution in [3.05, 3.63) is 93.7 Å². The Morgan fingerprint density at radius 2 is 1.09 bits per heavy atom. The van der Waals surface area contributed by atoms with Crippen molar-refractivity contribution >= 4 is 78.5 Å². The Hall–Kier alpha value is -1.99. The maximum absolute atomic E-state index is 10.9. The molecule has 32 heavy (non-hydrogen) atoms. The van der Waals surface area contributed by atoms with E-state index in [4.69, 9.17) is 9.05 Å². The van der Waals surface area contributed by atoms with Crippen molar-refractivity contribution in [3.8, 4) is 0 Å². The highest BCUT2D eigenvalue weighted by atomic mass is 32.2. The van der Waals surface area contributed by atoms with Crippen molar-refractivity contribution in [1.82, 2.24) is 0 Å². The average molecular weight is 511 g/mol. The molecule has 0 aliphatic carbocycles. The first-order chi connectivity index (χ1) is 15.7. The number of thiophene rings is 2. The Labute approximate surface area is 203 Å². The standard InChI is InChI=1S/C24H15O3PS4/c25-28(26-19-13-15-5-1-3-7-21(15)31-23-17(19)9-11-29-23)27-20-14-16-6-2-4-8-22(16)32-24-18(20)10-12-30-24/h1-14,25H. The lowest BCUT2D eigenvalue weighted by Gasteiger charge is -2.16. The van der Waals surface area contributed by atoms with Gasteiger partial charge in [0.05, 0.1) is 8.42 Å². The SMILES string of the molecule is OP(OC1=Cc2ccccc2Sc2sccc21)OC1=Cc2ccccc2Sc2sccc21. The van der Waals surface area contributed by atoms with Crippen molar-refractivity contribution in [2.24, 2.45) is 0 Å². The topological polar surface area (TPSA) is 38.7 Å². The summed E-state index contributed by atoms with van der Waals surface area (Å²) in [5.74, 6) is 1.25. The van der Waals surface area contributed by atoms with Crippen LogP contribution in [-0.2, 0) is 9.05 Å². The van der Waals surface area contributed by atoms with Crippen molar-refractivity contribution < 1.29 is 13.9 Å². The molecule has 158 valence electrons. The van der Waals surface area contributed by atoms with Crippen LogP contribution in [-0.4, -0.2) is 4.89 Å². The first kappa shape index (κ1) is 20.6. The molecule has 0 amide bonds. The predicted molar refractivity (Wildman–Crippen MR) is 137 cm³/mol. The lowest BCUT2D eigenvalue weighted by atomic mass is 10.1. The molecule has 3 nitrogen and oxygen atoms in total. The predicted octanol–water partition coefficient (Wildman–Crippen LogP) is 8.69. The van der Waals surface area contributed by atoms with Crippen LogP contribution in [0.5, 0.6) is 0 Å². The molecule has 0 saturated heterocycles. The second-order valence-electron chi connectivity index (χ2n) is 6.96. The molecule has 4 heterocycles. The molecule has 0 unspecified atom stereocenters. The van der Waals surface area contributed by atoms with Gasteiger partial charge in [0.1, 0.15) is 11.5 Å². The van der Waals surface area contributed by atoms with E-state index >= 15 is 0 Å². The van der Waals surface area contributed by atoms with Crippen LogP contribution in [0.1, 0.15) is 22.3 Å². The van der Waals surface area contributed by atoms with Gasteiger partial charge in [-0.15, -0.1) is 22.7 Å². The van der Waals surface area contributed by atoms with E-state index in [-0.39, 0.29) is 0 Å². The molecule has 6 rings (SSSR count). The monoisotopic (exact) mass is 510 g/mol. The van der Waals surface area contributed by atoms with Crippen LogP contribution < -0.4 is 0 Å². The van der Waals surface area contributed by atoms with Crippen LogP contribution in [0, 0.1) is 0 Å². The Kier molecular flexibility index (Phi) is 5.63. The van der Waals surface area contributed by atoms with Gasteiger partial charge in [-0.1, -0.05) is 59.9 Å². The molecule has 0 saturated carbocycles. The lowest BCUT2D eigenvalue weighted by Crippen LogP contribution is -1.92. The number of fused-ring (bicyclic) bond motifs is 4. The summed E-state index contributed by atoms with van der Waals surface area (Å²) in [7, 11) is -2.19. The van der Waals surface area contributed by atoms with E-state index in [9.17, 15) is 4.89 Å². The summed E-state index contributed by atoms with van der Waals surface area (Å²) in [6.45, 7) is 0. The first-order valence-electron chi connectivity index (χ1n) is 9.72. The first-order valence-corrected chi connectivity index (χ1v) is 14.2. The Bertz CT molecular complexity index is 1270. The van der Waals surface area contributed by atoms with Gasteiger partial charge in [-0.05, 0) is 58.3 Å². The molecular weight excluding hydrogens is 496 g/mol. The summed E-state index contributed by atoms with van der Waals surface area (Å²) < 4.78 is 14.4. The lowest BCUT2D eigenvalue weighted by molar-refractivity contribution is 0.349. The maximum atomic E-state index is 10.9. The summed E-state index contributed by atoms with van der Waals surface area (Å²) in [6, 6.07) is 20.5. The summed E-state index contributed by atoms with van der Waals surface area (Å²) in [6.07, 6.45) is 3.97. The molecule has 4 aromatic rings. The molecule has 1 N–H and O–H groups in total. The molecule has 2 aromatic heterocycles. The minimum absolute atomic E-state index is 0.627. The van der Waals surface area contributed by atoms with Gasteiger partial charge in [0.2, 0.25) is 0 Å². The van der Waals surface area contributed by atoms with Gasteiger partial charge in [-0.2, -0.15) is 0 Å². The van der Waals surface area contributed by atoms with Crippen LogP contribution in [0.15, 0.2) is 89.6 Å². The molecule has 0 spiro atoms. The van der Waals surface area contributed by atoms with Crippen molar-refractivity contribution in [1.29, 1.82) is 0 Å². The molecule has 0 fully saturated rings. The minimum atomic E-state index is -2.19. The molecule has 2 aliphatic heterocycles. The van der Waals surface area contributed by atoms with Crippen molar-refractivity contribution in [2.75, 3.05) is 0 Å². The zero-order valence-corrected chi connectivity index (χ0v) is 20.6. The zero-order valence-electron chi connectivity index (χ0n) is 16.4. The second kappa shape index (κ2) is 8.75. The van der Waals surface area contributed by atoms with Crippen LogP contribution in [0.2, 0.25) is 0 Å². The fourth-order valence-corrected chi connectivity index (χ4v) is 8.39. The van der Waals surface area contributed by atoms with Crippen LogP contribution in [0.3, 0.4) is 0 Å². The molecule has 0 atom stereocenters. The molecule has 8 heteroatoms. The molecule has 0 radical (unpaired) electrons. The minimum Gasteiger partial charge on any atom is -0.417 e. The highest BCUT2D eigenvalue weighted by Crippen LogP contribution is 2.52. The number of hydrogen-bond acceptors (Lipinski definition) is 7. The highest BCUT2D eigenvalue weighted by molar-refractivity contribution is 8.01. The smallest absolute Gasteiger partial charge is 0.417 e. The molecule has 0 bridgehead atoms. The quantitative estimate of drug-likeness (QED) is 0.278. The van der Waals surface area contributed by atoms with E-state index in [0.717, 1.165) is 30.7 Å². The fourth-order valence-electron chi connectivity index (χ4n) is 3.48. The third kappa shape index (κ3) is 3.94. The van der Waals surface area contributed by atoms with Gasteiger partial charge in [0.25, 0.3) is 0 Å². The number of rotatable bonds is 4. The molecule has 2 aromatic carbocycles. The Morgan fingerprint density at radius 1 is 0.625 bits per heavy atom. The van der Waals surface area contributed by atoms with Gasteiger partial charge in [-0.3, -0.25) is 0 Å². The largest absolute Gasteiger partial charge is 0.460 e. The Morgan fingerprint density at radius 3 is 1.59 bits per heavy atom. The third-order valence-electron chi connectivity index (χ3n) is 4.96. The van der Waals surface area contributed by atoms with Gasteiger partial charge in [-0.25, -0.2) is 0 Å². The fraction of sp³-hybridized carbons (Fsp3) is 0. The number of benzene rings is 2. The van der Waals surface area contributed by atoms with Gasteiger partial charge in [0.15, 0.2) is 0 Å². The normalized spacial score (nSPS) is 14.2. The zero-order chi connectivity index (χ0) is 21.5. The summed E-state index contributed by atoms with van der Waals surface area (Å²) >= 11 is 6.78. The number of hydrogen-bond donors (Lipinski definition) is 1. The summed E-state index contributed by atoms with van der Waals surface area (Å²) in [4.78, 5) is 13.2. The van der Waals surface area contributed by atoms with Crippen LogP contribution in [0.25, 0.3) is 23.7 Å². The van der Waals surface area contributed by atoms with Gasteiger partial charge in [0, 0.05) is 20.9 Å². The van der Waals surface area contributed by atoms with Crippen LogP contribution >= 0.6 is 54.8 Å². The van der Waals surface area contributed by atoms with Gasteiger partial charge < -0.3 is 13.9 Å². The molecule has 2 aliphatic rings. The van der Waals surface area contributed by atoms with E-state index in [2.05, 4.69) is 24.3 Å². The highest BCUT2D eigenvalue weighted by Gasteiger charge is 2.25. The van der Waals surface area contributed by atoms with Crippen LogP contribution in [0.4, 0.5) is 0 Å². The van der Waals surface area contributed by atoms with Crippen molar-refractivity contribution in [2.45, 2.75) is 18.2 Å².